The fourth-order valence-electron chi connectivity index (χ4n) is 3.98. The van der Waals surface area contributed by atoms with Crippen LogP contribution >= 0.6 is 0 Å². The lowest BCUT2D eigenvalue weighted by atomic mass is 10.1. The van der Waals surface area contributed by atoms with Crippen molar-refractivity contribution in [1.29, 1.82) is 0 Å². The van der Waals surface area contributed by atoms with Crippen molar-refractivity contribution in [2.24, 2.45) is 0 Å². The lowest BCUT2D eigenvalue weighted by Crippen LogP contribution is -2.45. The Morgan fingerprint density at radius 3 is 2.50 bits per heavy atom. The molecule has 7 heteroatoms. The molecule has 2 aliphatic rings. The highest BCUT2D eigenvalue weighted by Gasteiger charge is 2.20. The van der Waals surface area contributed by atoms with Crippen molar-refractivity contribution >= 4 is 0 Å². The van der Waals surface area contributed by atoms with Gasteiger partial charge in [0.05, 0.1) is 18.8 Å². The first kappa shape index (κ1) is 17.3. The summed E-state index contributed by atoms with van der Waals surface area (Å²) in [7, 11) is 0. The summed E-state index contributed by atoms with van der Waals surface area (Å²) in [6, 6.07) is 16.7. The van der Waals surface area contributed by atoms with Crippen LogP contribution in [-0.2, 0) is 19.5 Å². The average molecular weight is 376 g/mol. The molecular weight excluding hydrogens is 352 g/mol. The zero-order valence-corrected chi connectivity index (χ0v) is 15.9. The Balaban J connectivity index is 1.18. The molecule has 3 heterocycles. The van der Waals surface area contributed by atoms with Gasteiger partial charge >= 0.3 is 0 Å². The van der Waals surface area contributed by atoms with Crippen molar-refractivity contribution in [2.45, 2.75) is 19.5 Å². The zero-order chi connectivity index (χ0) is 18.8. The lowest BCUT2D eigenvalue weighted by molar-refractivity contribution is 0.119. The molecule has 5 rings (SSSR count). The van der Waals surface area contributed by atoms with Crippen LogP contribution in [0.5, 0.6) is 5.75 Å². The molecule has 2 aliphatic heterocycles. The first-order valence-corrected chi connectivity index (χ1v) is 9.87. The quantitative estimate of drug-likeness (QED) is 0.678. The number of ether oxygens (including phenoxy) is 1. The predicted octanol–water partition coefficient (Wildman–Crippen LogP) is 1.91. The Bertz CT molecular complexity index is 933. The van der Waals surface area contributed by atoms with E-state index in [4.69, 9.17) is 4.74 Å². The molecule has 1 saturated heterocycles. The molecule has 0 amide bonds. The summed E-state index contributed by atoms with van der Waals surface area (Å²) in [5.41, 5.74) is 3.73. The van der Waals surface area contributed by atoms with Crippen molar-refractivity contribution in [3.8, 4) is 11.4 Å². The van der Waals surface area contributed by atoms with Gasteiger partial charge in [0, 0.05) is 39.1 Å². The van der Waals surface area contributed by atoms with Crippen molar-refractivity contribution in [3.05, 3.63) is 65.5 Å². The number of rotatable bonds is 5. The van der Waals surface area contributed by atoms with E-state index in [0.717, 1.165) is 69.6 Å². The van der Waals surface area contributed by atoms with Crippen LogP contribution in [0.15, 0.2) is 48.5 Å². The summed E-state index contributed by atoms with van der Waals surface area (Å²) >= 11 is 0. The molecule has 0 atom stereocenters. The minimum absolute atomic E-state index is 0.770. The van der Waals surface area contributed by atoms with E-state index in [1.165, 1.54) is 11.1 Å². The highest BCUT2D eigenvalue weighted by atomic mass is 16.5. The Hall–Kier alpha value is -2.77. The van der Waals surface area contributed by atoms with Crippen LogP contribution in [0.2, 0.25) is 0 Å². The molecule has 2 aromatic carbocycles. The summed E-state index contributed by atoms with van der Waals surface area (Å²) in [4.78, 5) is 4.95. The molecule has 1 aromatic heterocycles. The van der Waals surface area contributed by atoms with Gasteiger partial charge in [-0.05, 0) is 39.8 Å². The van der Waals surface area contributed by atoms with E-state index in [-0.39, 0.29) is 0 Å². The maximum Gasteiger partial charge on any atom is 0.170 e. The van der Waals surface area contributed by atoms with E-state index >= 15 is 0 Å². The normalized spacial score (nSPS) is 17.4. The van der Waals surface area contributed by atoms with Gasteiger partial charge in [0.1, 0.15) is 5.75 Å². The van der Waals surface area contributed by atoms with E-state index in [2.05, 4.69) is 43.5 Å². The Morgan fingerprint density at radius 2 is 1.68 bits per heavy atom. The Morgan fingerprint density at radius 1 is 0.893 bits per heavy atom. The van der Waals surface area contributed by atoms with Crippen LogP contribution < -0.4 is 4.74 Å². The number of tetrazole rings is 1. The van der Waals surface area contributed by atoms with E-state index < -0.39 is 0 Å². The van der Waals surface area contributed by atoms with Gasteiger partial charge in [-0.2, -0.15) is 4.68 Å². The van der Waals surface area contributed by atoms with Gasteiger partial charge in [-0.3, -0.25) is 9.80 Å². The third-order valence-electron chi connectivity index (χ3n) is 5.52. The van der Waals surface area contributed by atoms with E-state index in [9.17, 15) is 0 Å². The number of fused-ring (bicyclic) bond motifs is 1. The standard InChI is InChI=1S/C21H24N6O/c1-2-4-19(5-3-1)27-21(22-23-24-27)16-26-11-9-25(10-12-26)15-17-6-7-20-18(14-17)8-13-28-20/h1-7,14H,8-13,15-16H2. The number of aromatic nitrogens is 4. The molecule has 0 aliphatic carbocycles. The summed E-state index contributed by atoms with van der Waals surface area (Å²) in [5.74, 6) is 1.95. The fraction of sp³-hybridized carbons (Fsp3) is 0.381. The van der Waals surface area contributed by atoms with E-state index in [1.54, 1.807) is 0 Å². The minimum atomic E-state index is 0.770. The van der Waals surface area contributed by atoms with Gasteiger partial charge in [-0.25, -0.2) is 0 Å². The number of benzene rings is 2. The van der Waals surface area contributed by atoms with Gasteiger partial charge in [-0.1, -0.05) is 30.3 Å². The molecule has 0 N–H and O–H groups in total. The summed E-state index contributed by atoms with van der Waals surface area (Å²) < 4.78 is 7.44. The monoisotopic (exact) mass is 376 g/mol. The van der Waals surface area contributed by atoms with Crippen LogP contribution in [0.1, 0.15) is 17.0 Å². The molecule has 7 nitrogen and oxygen atoms in total. The predicted molar refractivity (Wildman–Crippen MR) is 105 cm³/mol. The molecular formula is C21H24N6O. The second-order valence-electron chi connectivity index (χ2n) is 7.44. The van der Waals surface area contributed by atoms with Gasteiger partial charge in [0.15, 0.2) is 5.82 Å². The highest BCUT2D eigenvalue weighted by Crippen LogP contribution is 2.26. The maximum absolute atomic E-state index is 5.61. The van der Waals surface area contributed by atoms with Crippen molar-refractivity contribution in [3.63, 3.8) is 0 Å². The summed E-state index contributed by atoms with van der Waals surface area (Å²) in [5, 5.41) is 12.3. The number of para-hydroxylation sites is 1. The molecule has 1 fully saturated rings. The van der Waals surface area contributed by atoms with Crippen molar-refractivity contribution < 1.29 is 4.74 Å². The zero-order valence-electron chi connectivity index (χ0n) is 15.9. The molecule has 0 saturated carbocycles. The molecule has 28 heavy (non-hydrogen) atoms. The average Bonchev–Trinajstić information content (AvgIpc) is 3.39. The van der Waals surface area contributed by atoms with E-state index in [0.29, 0.717) is 0 Å². The fourth-order valence-corrected chi connectivity index (χ4v) is 3.98. The first-order valence-electron chi connectivity index (χ1n) is 9.87. The smallest absolute Gasteiger partial charge is 0.170 e. The van der Waals surface area contributed by atoms with Crippen LogP contribution in [0.25, 0.3) is 5.69 Å². The molecule has 0 spiro atoms. The van der Waals surface area contributed by atoms with Gasteiger partial charge < -0.3 is 4.74 Å². The Labute approximate surface area is 164 Å². The molecule has 3 aromatic rings. The maximum atomic E-state index is 5.61. The number of hydrogen-bond donors (Lipinski definition) is 0. The second-order valence-corrected chi connectivity index (χ2v) is 7.44. The minimum Gasteiger partial charge on any atom is -0.493 e. The Kier molecular flexibility index (Phi) is 4.76. The van der Waals surface area contributed by atoms with E-state index in [1.807, 2.05) is 35.0 Å². The first-order chi connectivity index (χ1) is 13.8. The third kappa shape index (κ3) is 3.63. The topological polar surface area (TPSA) is 59.3 Å². The van der Waals surface area contributed by atoms with Gasteiger partial charge in [-0.15, -0.1) is 5.10 Å². The number of nitrogens with zero attached hydrogens (tertiary/aromatic N) is 6. The third-order valence-corrected chi connectivity index (χ3v) is 5.52. The lowest BCUT2D eigenvalue weighted by Gasteiger charge is -2.34. The van der Waals surface area contributed by atoms with Crippen molar-refractivity contribution in [1.82, 2.24) is 30.0 Å². The van der Waals surface area contributed by atoms with Crippen molar-refractivity contribution in [2.75, 3.05) is 32.8 Å². The molecule has 0 radical (unpaired) electrons. The molecule has 144 valence electrons. The summed E-state index contributed by atoms with van der Waals surface area (Å²) in [6.07, 6.45) is 1.03. The summed E-state index contributed by atoms with van der Waals surface area (Å²) in [6.45, 7) is 6.75. The van der Waals surface area contributed by atoms with Crippen LogP contribution in [0.4, 0.5) is 0 Å². The van der Waals surface area contributed by atoms with Crippen LogP contribution in [0, 0.1) is 0 Å². The highest BCUT2D eigenvalue weighted by molar-refractivity contribution is 5.39. The van der Waals surface area contributed by atoms with Crippen LogP contribution in [-0.4, -0.2) is 62.8 Å². The molecule has 0 unspecified atom stereocenters. The molecule has 0 bridgehead atoms. The van der Waals surface area contributed by atoms with Gasteiger partial charge in [0.2, 0.25) is 0 Å². The SMILES string of the molecule is c1ccc(-n2nnnc2CN2CCN(Cc3ccc4c(c3)CCO4)CC2)cc1. The largest absolute Gasteiger partial charge is 0.493 e. The number of hydrogen-bond acceptors (Lipinski definition) is 6. The van der Waals surface area contributed by atoms with Crippen LogP contribution in [0.3, 0.4) is 0 Å². The second kappa shape index (κ2) is 7.69. The number of piperazine rings is 1. The van der Waals surface area contributed by atoms with Gasteiger partial charge in [0.25, 0.3) is 0 Å².